The molecule has 1 rings (SSSR count). The van der Waals surface area contributed by atoms with Crippen molar-refractivity contribution < 1.29 is 9.59 Å². The summed E-state index contributed by atoms with van der Waals surface area (Å²) in [6, 6.07) is 7.27. The minimum absolute atomic E-state index is 0.109. The van der Waals surface area contributed by atoms with Crippen LogP contribution in [0.3, 0.4) is 0 Å². The molecular weight excluding hydrogens is 260 g/mol. The summed E-state index contributed by atoms with van der Waals surface area (Å²) in [5.41, 5.74) is 6.26. The molecule has 5 heteroatoms. The van der Waals surface area contributed by atoms with Crippen LogP contribution in [0.15, 0.2) is 29.2 Å². The van der Waals surface area contributed by atoms with E-state index in [2.05, 4.69) is 38.2 Å². The van der Waals surface area contributed by atoms with Crippen LogP contribution >= 0.6 is 11.8 Å². The van der Waals surface area contributed by atoms with E-state index in [-0.39, 0.29) is 16.6 Å². The van der Waals surface area contributed by atoms with Crippen molar-refractivity contribution in [2.75, 3.05) is 0 Å². The molecule has 3 amide bonds. The largest absolute Gasteiger partial charge is 0.351 e. The number of amides is 3. The molecule has 0 spiro atoms. The Hall–Kier alpha value is -1.49. The van der Waals surface area contributed by atoms with E-state index in [0.717, 1.165) is 4.90 Å². The lowest BCUT2D eigenvalue weighted by molar-refractivity contribution is -0.119. The van der Waals surface area contributed by atoms with E-state index in [0.29, 0.717) is 0 Å². The topological polar surface area (TPSA) is 72.2 Å². The van der Waals surface area contributed by atoms with E-state index < -0.39 is 6.03 Å². The van der Waals surface area contributed by atoms with Crippen molar-refractivity contribution in [3.05, 3.63) is 29.8 Å². The molecule has 0 saturated carbocycles. The molecule has 0 aliphatic heterocycles. The summed E-state index contributed by atoms with van der Waals surface area (Å²) in [4.78, 5) is 23.1. The number of nitrogens with one attached hydrogen (secondary N) is 1. The fraction of sp³-hybridized carbons (Fsp3) is 0.429. The monoisotopic (exact) mass is 280 g/mol. The maximum atomic E-state index is 11.6. The molecule has 0 saturated heterocycles. The van der Waals surface area contributed by atoms with Crippen LogP contribution in [0.5, 0.6) is 0 Å². The number of carbonyl (C=O) groups excluding carboxylic acids is 2. The lowest BCUT2D eigenvalue weighted by Gasteiger charge is -2.19. The second-order valence-corrected chi connectivity index (χ2v) is 6.80. The molecule has 3 N–H and O–H groups in total. The van der Waals surface area contributed by atoms with Gasteiger partial charge in [-0.15, -0.1) is 11.8 Å². The van der Waals surface area contributed by atoms with Crippen molar-refractivity contribution >= 4 is 23.7 Å². The highest BCUT2D eigenvalue weighted by atomic mass is 32.2. The first-order chi connectivity index (χ1) is 8.70. The van der Waals surface area contributed by atoms with Crippen molar-refractivity contribution in [1.29, 1.82) is 0 Å². The van der Waals surface area contributed by atoms with E-state index in [1.807, 2.05) is 12.1 Å². The van der Waals surface area contributed by atoms with Gasteiger partial charge in [0.15, 0.2) is 0 Å². The predicted molar refractivity (Wildman–Crippen MR) is 78.2 cm³/mol. The number of benzene rings is 1. The maximum absolute atomic E-state index is 11.6. The van der Waals surface area contributed by atoms with Gasteiger partial charge in [-0.3, -0.25) is 10.1 Å². The van der Waals surface area contributed by atoms with Crippen LogP contribution in [-0.4, -0.2) is 17.2 Å². The summed E-state index contributed by atoms with van der Waals surface area (Å²) in [7, 11) is 0. The number of primary amides is 1. The molecule has 0 aliphatic rings. The first-order valence-corrected chi connectivity index (χ1v) is 6.95. The third-order valence-corrected chi connectivity index (χ3v) is 3.76. The third kappa shape index (κ3) is 4.95. The van der Waals surface area contributed by atoms with Crippen LogP contribution < -0.4 is 11.1 Å². The van der Waals surface area contributed by atoms with Crippen LogP contribution in [0.1, 0.15) is 33.3 Å². The highest BCUT2D eigenvalue weighted by molar-refractivity contribution is 8.00. The molecule has 1 aromatic rings. The fourth-order valence-corrected chi connectivity index (χ4v) is 2.38. The van der Waals surface area contributed by atoms with Gasteiger partial charge in [0.25, 0.3) is 0 Å². The van der Waals surface area contributed by atoms with Crippen LogP contribution in [-0.2, 0) is 10.2 Å². The van der Waals surface area contributed by atoms with Gasteiger partial charge < -0.3 is 5.73 Å². The molecule has 0 fully saturated rings. The van der Waals surface area contributed by atoms with Crippen molar-refractivity contribution in [2.45, 2.75) is 43.3 Å². The van der Waals surface area contributed by atoms with Gasteiger partial charge in [0.05, 0.1) is 5.25 Å². The van der Waals surface area contributed by atoms with Crippen LogP contribution in [0.2, 0.25) is 0 Å². The molecular formula is C14H20N2O2S. The number of urea groups is 1. The summed E-state index contributed by atoms with van der Waals surface area (Å²) < 4.78 is 0. The minimum Gasteiger partial charge on any atom is -0.351 e. The second-order valence-electron chi connectivity index (χ2n) is 5.39. The van der Waals surface area contributed by atoms with Crippen LogP contribution in [0.25, 0.3) is 0 Å². The van der Waals surface area contributed by atoms with E-state index in [4.69, 9.17) is 5.73 Å². The lowest BCUT2D eigenvalue weighted by atomic mass is 9.87. The van der Waals surface area contributed by atoms with Gasteiger partial charge in [0, 0.05) is 4.90 Å². The summed E-state index contributed by atoms with van der Waals surface area (Å²) in [6.45, 7) is 8.19. The van der Waals surface area contributed by atoms with Gasteiger partial charge in [0.1, 0.15) is 0 Å². The zero-order valence-electron chi connectivity index (χ0n) is 11.7. The Kier molecular flexibility index (Phi) is 5.00. The summed E-state index contributed by atoms with van der Waals surface area (Å²) in [5.74, 6) is -0.377. The normalized spacial score (nSPS) is 12.8. The number of imide groups is 1. The molecule has 0 heterocycles. The molecule has 4 nitrogen and oxygen atoms in total. The average Bonchev–Trinajstić information content (AvgIpc) is 2.27. The Labute approximate surface area is 118 Å². The smallest absolute Gasteiger partial charge is 0.318 e. The molecule has 0 radical (unpaired) electrons. The van der Waals surface area contributed by atoms with Gasteiger partial charge >= 0.3 is 6.03 Å². The van der Waals surface area contributed by atoms with Crippen LogP contribution in [0, 0.1) is 0 Å². The summed E-state index contributed by atoms with van der Waals surface area (Å²) in [5, 5.41) is 1.71. The molecule has 0 aromatic heterocycles. The Balaban J connectivity index is 2.68. The quantitative estimate of drug-likeness (QED) is 0.836. The number of hydrogen-bond acceptors (Lipinski definition) is 3. The molecule has 19 heavy (non-hydrogen) atoms. The predicted octanol–water partition coefficient (Wildman–Crippen LogP) is 2.66. The van der Waals surface area contributed by atoms with Crippen molar-refractivity contribution in [2.24, 2.45) is 5.73 Å². The lowest BCUT2D eigenvalue weighted by Crippen LogP contribution is -2.39. The van der Waals surface area contributed by atoms with Gasteiger partial charge in [-0.25, -0.2) is 4.79 Å². The molecule has 1 atom stereocenters. The Morgan fingerprint density at radius 2 is 1.74 bits per heavy atom. The van der Waals surface area contributed by atoms with Crippen molar-refractivity contribution in [3.63, 3.8) is 0 Å². The second kappa shape index (κ2) is 6.10. The number of hydrogen-bond donors (Lipinski definition) is 2. The Morgan fingerprint density at radius 3 is 2.16 bits per heavy atom. The van der Waals surface area contributed by atoms with E-state index in [9.17, 15) is 9.59 Å². The molecule has 104 valence electrons. The van der Waals surface area contributed by atoms with Crippen molar-refractivity contribution in [3.8, 4) is 0 Å². The average molecular weight is 280 g/mol. The van der Waals surface area contributed by atoms with E-state index in [1.54, 1.807) is 6.92 Å². The van der Waals surface area contributed by atoms with E-state index >= 15 is 0 Å². The van der Waals surface area contributed by atoms with Gasteiger partial charge in [0.2, 0.25) is 5.91 Å². The number of thioether (sulfide) groups is 1. The summed E-state index contributed by atoms with van der Waals surface area (Å²) >= 11 is 1.39. The Morgan fingerprint density at radius 1 is 1.21 bits per heavy atom. The number of nitrogens with two attached hydrogens (primary N) is 1. The SMILES string of the molecule is C[C@@H](Sc1ccc(C(C)(C)C)cc1)C(=O)NC(N)=O. The third-order valence-electron chi connectivity index (χ3n) is 2.65. The van der Waals surface area contributed by atoms with Gasteiger partial charge in [-0.1, -0.05) is 32.9 Å². The highest BCUT2D eigenvalue weighted by Gasteiger charge is 2.17. The zero-order chi connectivity index (χ0) is 14.6. The first-order valence-electron chi connectivity index (χ1n) is 6.07. The molecule has 0 bridgehead atoms. The molecule has 1 aromatic carbocycles. The fourth-order valence-electron chi connectivity index (χ4n) is 1.51. The zero-order valence-corrected chi connectivity index (χ0v) is 12.5. The minimum atomic E-state index is -0.819. The molecule has 0 aliphatic carbocycles. The number of rotatable bonds is 3. The highest BCUT2D eigenvalue weighted by Crippen LogP contribution is 2.27. The van der Waals surface area contributed by atoms with Crippen molar-refractivity contribution in [1.82, 2.24) is 5.32 Å². The summed E-state index contributed by atoms with van der Waals surface area (Å²) in [6.07, 6.45) is 0. The van der Waals surface area contributed by atoms with Gasteiger partial charge in [-0.05, 0) is 30.0 Å². The standard InChI is InChI=1S/C14H20N2O2S/c1-9(12(17)16-13(15)18)19-11-7-5-10(6-8-11)14(2,3)4/h5-9H,1-4H3,(H3,15,16,17,18)/t9-/m1/s1. The number of carbonyl (C=O) groups is 2. The van der Waals surface area contributed by atoms with E-state index in [1.165, 1.54) is 17.3 Å². The first kappa shape index (κ1) is 15.6. The van der Waals surface area contributed by atoms with Gasteiger partial charge in [-0.2, -0.15) is 0 Å². The molecule has 0 unspecified atom stereocenters. The van der Waals surface area contributed by atoms with Crippen LogP contribution in [0.4, 0.5) is 4.79 Å². The Bertz CT molecular complexity index is 463. The maximum Gasteiger partial charge on any atom is 0.318 e.